The molecule has 0 amide bonds. The van der Waals surface area contributed by atoms with E-state index in [9.17, 15) is 0 Å². The molecule has 0 bridgehead atoms. The molecule has 18 heavy (non-hydrogen) atoms. The van der Waals surface area contributed by atoms with Gasteiger partial charge in [0, 0.05) is 19.6 Å². The minimum Gasteiger partial charge on any atom is -0.355 e. The van der Waals surface area contributed by atoms with E-state index in [0.717, 1.165) is 48.6 Å². The fourth-order valence-corrected chi connectivity index (χ4v) is 3.29. The molecule has 4 nitrogen and oxygen atoms in total. The number of anilines is 1. The summed E-state index contributed by atoms with van der Waals surface area (Å²) >= 11 is 7.63. The third-order valence-electron chi connectivity index (χ3n) is 3.30. The lowest BCUT2D eigenvalue weighted by molar-refractivity contribution is 0.360. The molecule has 3 heterocycles. The molecule has 1 aliphatic heterocycles. The minimum atomic E-state index is 0.345. The molecule has 3 rings (SSSR count). The van der Waals surface area contributed by atoms with Crippen LogP contribution in [0.25, 0.3) is 10.2 Å². The van der Waals surface area contributed by atoms with Gasteiger partial charge in [-0.05, 0) is 43.1 Å². The molecule has 0 unspecified atom stereocenters. The van der Waals surface area contributed by atoms with Crippen LogP contribution in [-0.2, 0) is 0 Å². The van der Waals surface area contributed by atoms with Gasteiger partial charge in [-0.2, -0.15) is 4.98 Å². The van der Waals surface area contributed by atoms with Crippen LogP contribution in [0.3, 0.4) is 0 Å². The molecule has 1 fully saturated rings. The van der Waals surface area contributed by atoms with Crippen molar-refractivity contribution in [2.75, 3.05) is 38.1 Å². The predicted molar refractivity (Wildman–Crippen MR) is 76.8 cm³/mol. The average molecular weight is 283 g/mol. The number of fused-ring (bicyclic) bond motifs is 1. The number of hydrogen-bond donors (Lipinski definition) is 0. The highest BCUT2D eigenvalue weighted by Gasteiger charge is 2.17. The smallest absolute Gasteiger partial charge is 0.225 e. The summed E-state index contributed by atoms with van der Waals surface area (Å²) in [5.74, 6) is 0.988. The molecule has 0 N–H and O–H groups in total. The van der Waals surface area contributed by atoms with Crippen molar-refractivity contribution >= 4 is 39.0 Å². The molecule has 0 radical (unpaired) electrons. The lowest BCUT2D eigenvalue weighted by atomic mass is 10.3. The van der Waals surface area contributed by atoms with Crippen molar-refractivity contribution < 1.29 is 0 Å². The normalized spacial score (nSPS) is 18.2. The van der Waals surface area contributed by atoms with Crippen LogP contribution in [0.5, 0.6) is 0 Å². The number of aromatic nitrogens is 2. The van der Waals surface area contributed by atoms with Gasteiger partial charge < -0.3 is 9.80 Å². The highest BCUT2D eigenvalue weighted by molar-refractivity contribution is 7.16. The Labute approximate surface area is 115 Å². The maximum Gasteiger partial charge on any atom is 0.225 e. The molecular weight excluding hydrogens is 268 g/mol. The molecular formula is C12H15ClN4S. The molecule has 1 saturated heterocycles. The molecule has 0 aliphatic carbocycles. The van der Waals surface area contributed by atoms with Gasteiger partial charge in [0.25, 0.3) is 0 Å². The first-order valence-corrected chi connectivity index (χ1v) is 7.34. The molecule has 0 saturated carbocycles. The topological polar surface area (TPSA) is 32.3 Å². The number of thiophene rings is 1. The van der Waals surface area contributed by atoms with Crippen molar-refractivity contribution in [3.8, 4) is 0 Å². The lowest BCUT2D eigenvalue weighted by Crippen LogP contribution is -2.29. The SMILES string of the molecule is CN1CCCN(c2nc(Cl)nc3sccc23)CC1. The fraction of sp³-hybridized carbons (Fsp3) is 0.500. The van der Waals surface area contributed by atoms with E-state index >= 15 is 0 Å². The van der Waals surface area contributed by atoms with Crippen molar-refractivity contribution in [3.63, 3.8) is 0 Å². The van der Waals surface area contributed by atoms with Gasteiger partial charge in [-0.15, -0.1) is 11.3 Å². The number of likely N-dealkylation sites (N-methyl/N-ethyl adjacent to an activating group) is 1. The van der Waals surface area contributed by atoms with Crippen LogP contribution in [0.2, 0.25) is 5.28 Å². The van der Waals surface area contributed by atoms with Crippen LogP contribution < -0.4 is 4.90 Å². The van der Waals surface area contributed by atoms with E-state index < -0.39 is 0 Å². The van der Waals surface area contributed by atoms with Gasteiger partial charge in [-0.3, -0.25) is 0 Å². The van der Waals surface area contributed by atoms with Crippen LogP contribution in [0, 0.1) is 0 Å². The Kier molecular flexibility index (Phi) is 3.37. The Morgan fingerprint density at radius 2 is 2.11 bits per heavy atom. The van der Waals surface area contributed by atoms with Crippen molar-refractivity contribution in [2.45, 2.75) is 6.42 Å². The summed E-state index contributed by atoms with van der Waals surface area (Å²) in [6.07, 6.45) is 1.16. The summed E-state index contributed by atoms with van der Waals surface area (Å²) in [6.45, 7) is 4.23. The quantitative estimate of drug-likeness (QED) is 0.752. The second-order valence-corrected chi connectivity index (χ2v) is 5.83. The standard InChI is InChI=1S/C12H15ClN4S/c1-16-4-2-5-17(7-6-16)10-9-3-8-18-11(9)15-12(13)14-10/h3,8H,2,4-7H2,1H3. The average Bonchev–Trinajstić information content (AvgIpc) is 2.70. The predicted octanol–water partition coefficient (Wildman–Crippen LogP) is 2.49. The summed E-state index contributed by atoms with van der Waals surface area (Å²) in [6, 6.07) is 2.08. The number of rotatable bonds is 1. The zero-order chi connectivity index (χ0) is 12.5. The van der Waals surface area contributed by atoms with Crippen LogP contribution in [-0.4, -0.2) is 48.1 Å². The molecule has 0 atom stereocenters. The van der Waals surface area contributed by atoms with Crippen molar-refractivity contribution in [1.82, 2.24) is 14.9 Å². The van der Waals surface area contributed by atoms with Gasteiger partial charge >= 0.3 is 0 Å². The van der Waals surface area contributed by atoms with Gasteiger partial charge in [0.1, 0.15) is 10.6 Å². The summed E-state index contributed by atoms with van der Waals surface area (Å²) in [5.41, 5.74) is 0. The summed E-state index contributed by atoms with van der Waals surface area (Å²) in [4.78, 5) is 14.4. The highest BCUT2D eigenvalue weighted by Crippen LogP contribution is 2.29. The zero-order valence-corrected chi connectivity index (χ0v) is 11.8. The largest absolute Gasteiger partial charge is 0.355 e. The van der Waals surface area contributed by atoms with Crippen molar-refractivity contribution in [1.29, 1.82) is 0 Å². The number of nitrogens with zero attached hydrogens (tertiary/aromatic N) is 4. The second kappa shape index (κ2) is 4.99. The first-order valence-electron chi connectivity index (χ1n) is 6.08. The number of halogens is 1. The zero-order valence-electron chi connectivity index (χ0n) is 10.3. The molecule has 0 spiro atoms. The van der Waals surface area contributed by atoms with E-state index in [1.807, 2.05) is 5.38 Å². The Hall–Kier alpha value is -0.910. The van der Waals surface area contributed by atoms with E-state index in [2.05, 4.69) is 32.9 Å². The van der Waals surface area contributed by atoms with Crippen LogP contribution in [0.1, 0.15) is 6.42 Å². The Morgan fingerprint density at radius 3 is 3.00 bits per heavy atom. The number of hydrogen-bond acceptors (Lipinski definition) is 5. The third kappa shape index (κ3) is 2.30. The van der Waals surface area contributed by atoms with E-state index in [0.29, 0.717) is 5.28 Å². The monoisotopic (exact) mass is 282 g/mol. The van der Waals surface area contributed by atoms with Gasteiger partial charge in [-0.1, -0.05) is 0 Å². The summed E-state index contributed by atoms with van der Waals surface area (Å²) in [5, 5.41) is 3.51. The highest BCUT2D eigenvalue weighted by atomic mass is 35.5. The maximum absolute atomic E-state index is 6.02. The van der Waals surface area contributed by atoms with Crippen LogP contribution >= 0.6 is 22.9 Å². The van der Waals surface area contributed by atoms with Crippen molar-refractivity contribution in [2.24, 2.45) is 0 Å². The third-order valence-corrected chi connectivity index (χ3v) is 4.27. The van der Waals surface area contributed by atoms with Gasteiger partial charge in [-0.25, -0.2) is 4.98 Å². The first-order chi connectivity index (χ1) is 8.74. The van der Waals surface area contributed by atoms with E-state index in [-0.39, 0.29) is 0 Å². The minimum absolute atomic E-state index is 0.345. The second-order valence-electron chi connectivity index (χ2n) is 4.60. The van der Waals surface area contributed by atoms with Crippen LogP contribution in [0.15, 0.2) is 11.4 Å². The molecule has 96 valence electrons. The first kappa shape index (κ1) is 12.1. The van der Waals surface area contributed by atoms with E-state index in [1.54, 1.807) is 11.3 Å². The Morgan fingerprint density at radius 1 is 1.22 bits per heavy atom. The Bertz CT molecular complexity index is 556. The fourth-order valence-electron chi connectivity index (χ4n) is 2.31. The lowest BCUT2D eigenvalue weighted by Gasteiger charge is -2.22. The van der Waals surface area contributed by atoms with Gasteiger partial charge in [0.05, 0.1) is 5.39 Å². The molecule has 1 aliphatic rings. The van der Waals surface area contributed by atoms with Crippen molar-refractivity contribution in [3.05, 3.63) is 16.7 Å². The van der Waals surface area contributed by atoms with E-state index in [4.69, 9.17) is 11.6 Å². The Balaban J connectivity index is 1.99. The van der Waals surface area contributed by atoms with Gasteiger partial charge in [0.15, 0.2) is 0 Å². The molecule has 2 aromatic heterocycles. The van der Waals surface area contributed by atoms with Gasteiger partial charge in [0.2, 0.25) is 5.28 Å². The summed E-state index contributed by atoms with van der Waals surface area (Å²) < 4.78 is 0. The molecule has 0 aromatic carbocycles. The van der Waals surface area contributed by atoms with Crippen LogP contribution in [0.4, 0.5) is 5.82 Å². The maximum atomic E-state index is 6.02. The molecule has 6 heteroatoms. The van der Waals surface area contributed by atoms with E-state index in [1.165, 1.54) is 0 Å². The molecule has 2 aromatic rings. The summed E-state index contributed by atoms with van der Waals surface area (Å²) in [7, 11) is 2.16.